The summed E-state index contributed by atoms with van der Waals surface area (Å²) in [7, 11) is 0. The third-order valence-corrected chi connectivity index (χ3v) is 3.51. The van der Waals surface area contributed by atoms with Gasteiger partial charge < -0.3 is 5.11 Å². The maximum Gasteiger partial charge on any atom is 0.128 e. The highest BCUT2D eigenvalue weighted by Gasteiger charge is 2.11. The van der Waals surface area contributed by atoms with Gasteiger partial charge in [0.25, 0.3) is 0 Å². The third kappa shape index (κ3) is 3.52. The van der Waals surface area contributed by atoms with Crippen LogP contribution in [0.2, 0.25) is 0 Å². The zero-order chi connectivity index (χ0) is 16.1. The predicted molar refractivity (Wildman–Crippen MR) is 86.8 cm³/mol. The van der Waals surface area contributed by atoms with Gasteiger partial charge in [-0.25, -0.2) is 9.07 Å². The predicted octanol–water partition coefficient (Wildman–Crippen LogP) is 3.13. The van der Waals surface area contributed by atoms with E-state index in [1.807, 2.05) is 42.5 Å². The van der Waals surface area contributed by atoms with Gasteiger partial charge in [0.05, 0.1) is 18.8 Å². The second kappa shape index (κ2) is 6.98. The van der Waals surface area contributed by atoms with E-state index in [2.05, 4.69) is 10.3 Å². The molecule has 116 valence electrons. The second-order valence-corrected chi connectivity index (χ2v) is 5.07. The number of aromatic nitrogens is 3. The van der Waals surface area contributed by atoms with Gasteiger partial charge in [0.2, 0.25) is 0 Å². The molecule has 3 rings (SSSR count). The van der Waals surface area contributed by atoms with E-state index < -0.39 is 0 Å². The van der Waals surface area contributed by atoms with Crippen LogP contribution in [-0.4, -0.2) is 20.1 Å². The Morgan fingerprint density at radius 1 is 1.00 bits per heavy atom. The summed E-state index contributed by atoms with van der Waals surface area (Å²) in [5, 5.41) is 17.4. The Labute approximate surface area is 133 Å². The number of aliphatic hydroxyl groups excluding tert-OH is 1. The molecule has 0 saturated carbocycles. The molecule has 23 heavy (non-hydrogen) atoms. The van der Waals surface area contributed by atoms with E-state index in [-0.39, 0.29) is 19.0 Å². The van der Waals surface area contributed by atoms with Crippen molar-refractivity contribution in [3.8, 4) is 0 Å². The largest absolute Gasteiger partial charge is 0.390 e. The first kappa shape index (κ1) is 15.1. The molecule has 0 aliphatic heterocycles. The van der Waals surface area contributed by atoms with Crippen LogP contribution in [0.15, 0.2) is 54.6 Å². The smallest absolute Gasteiger partial charge is 0.128 e. The quantitative estimate of drug-likeness (QED) is 0.788. The van der Waals surface area contributed by atoms with Crippen LogP contribution in [0.25, 0.3) is 12.2 Å². The van der Waals surface area contributed by atoms with Crippen molar-refractivity contribution >= 4 is 12.2 Å². The molecule has 0 spiro atoms. The number of hydrogen-bond acceptors (Lipinski definition) is 3. The van der Waals surface area contributed by atoms with E-state index in [4.69, 9.17) is 0 Å². The second-order valence-electron chi connectivity index (χ2n) is 5.07. The first-order valence-electron chi connectivity index (χ1n) is 7.27. The Balaban J connectivity index is 1.91. The molecule has 4 nitrogen and oxygen atoms in total. The van der Waals surface area contributed by atoms with E-state index in [0.29, 0.717) is 17.0 Å². The van der Waals surface area contributed by atoms with Gasteiger partial charge in [-0.15, -0.1) is 5.10 Å². The van der Waals surface area contributed by atoms with E-state index in [0.717, 1.165) is 5.56 Å². The van der Waals surface area contributed by atoms with Crippen molar-refractivity contribution in [1.29, 1.82) is 0 Å². The van der Waals surface area contributed by atoms with Crippen molar-refractivity contribution in [3.05, 3.63) is 82.9 Å². The fourth-order valence-electron chi connectivity index (χ4n) is 2.30. The van der Waals surface area contributed by atoms with Gasteiger partial charge in [0.15, 0.2) is 0 Å². The minimum absolute atomic E-state index is 0.217. The first-order chi connectivity index (χ1) is 11.3. The summed E-state index contributed by atoms with van der Waals surface area (Å²) in [6.45, 7) is 0.0415. The Morgan fingerprint density at radius 3 is 2.48 bits per heavy atom. The maximum atomic E-state index is 13.8. The lowest BCUT2D eigenvalue weighted by Gasteiger charge is -2.05. The van der Waals surface area contributed by atoms with Crippen LogP contribution in [0.1, 0.15) is 22.5 Å². The fourth-order valence-corrected chi connectivity index (χ4v) is 2.30. The van der Waals surface area contributed by atoms with Gasteiger partial charge >= 0.3 is 0 Å². The number of aliphatic hydroxyl groups is 1. The van der Waals surface area contributed by atoms with Crippen LogP contribution >= 0.6 is 0 Å². The standard InChI is InChI=1S/C18H16FN3O/c19-16-9-5-4-8-15(16)12-22-18(17(13-23)20-21-22)11-10-14-6-2-1-3-7-14/h1-11,23H,12-13H2/b11-10+. The van der Waals surface area contributed by atoms with Crippen LogP contribution in [0, 0.1) is 5.82 Å². The summed E-state index contributed by atoms with van der Waals surface area (Å²) >= 11 is 0. The number of nitrogens with zero attached hydrogens (tertiary/aromatic N) is 3. The van der Waals surface area contributed by atoms with Gasteiger partial charge in [0, 0.05) is 5.56 Å². The first-order valence-corrected chi connectivity index (χ1v) is 7.27. The molecule has 0 aliphatic rings. The number of halogens is 1. The summed E-state index contributed by atoms with van der Waals surface area (Å²) in [6, 6.07) is 16.3. The zero-order valence-corrected chi connectivity index (χ0v) is 12.4. The van der Waals surface area contributed by atoms with Gasteiger partial charge in [0.1, 0.15) is 11.5 Å². The fraction of sp³-hybridized carbons (Fsp3) is 0.111. The van der Waals surface area contributed by atoms with Gasteiger partial charge in [-0.1, -0.05) is 59.8 Å². The molecule has 0 atom stereocenters. The van der Waals surface area contributed by atoms with E-state index in [1.54, 1.807) is 22.9 Å². The number of rotatable bonds is 5. The zero-order valence-electron chi connectivity index (χ0n) is 12.4. The number of benzene rings is 2. The lowest BCUT2D eigenvalue weighted by molar-refractivity contribution is 0.276. The molecule has 1 heterocycles. The van der Waals surface area contributed by atoms with Crippen molar-refractivity contribution in [2.75, 3.05) is 0 Å². The molecule has 3 aromatic rings. The SMILES string of the molecule is OCc1nnn(Cc2ccccc2F)c1/C=C/c1ccccc1. The molecular weight excluding hydrogens is 293 g/mol. The van der Waals surface area contributed by atoms with Crippen LogP contribution in [0.3, 0.4) is 0 Å². The Bertz CT molecular complexity index is 812. The summed E-state index contributed by atoms with van der Waals surface area (Å²) in [4.78, 5) is 0. The Hall–Kier alpha value is -2.79. The van der Waals surface area contributed by atoms with Crippen LogP contribution < -0.4 is 0 Å². The molecular formula is C18H16FN3O. The minimum atomic E-state index is -0.286. The van der Waals surface area contributed by atoms with Crippen LogP contribution in [0.4, 0.5) is 4.39 Å². The normalized spacial score (nSPS) is 11.2. The molecule has 0 bridgehead atoms. The average molecular weight is 309 g/mol. The molecule has 0 aliphatic carbocycles. The number of hydrogen-bond donors (Lipinski definition) is 1. The monoisotopic (exact) mass is 309 g/mol. The summed E-state index contributed by atoms with van der Waals surface area (Å²) in [5.74, 6) is -0.286. The van der Waals surface area contributed by atoms with Gasteiger partial charge in [-0.05, 0) is 17.7 Å². The van der Waals surface area contributed by atoms with Crippen LogP contribution in [-0.2, 0) is 13.2 Å². The topological polar surface area (TPSA) is 50.9 Å². The summed E-state index contributed by atoms with van der Waals surface area (Å²) < 4.78 is 15.4. The summed E-state index contributed by atoms with van der Waals surface area (Å²) in [5.41, 5.74) is 2.68. The lowest BCUT2D eigenvalue weighted by atomic mass is 10.2. The van der Waals surface area contributed by atoms with E-state index >= 15 is 0 Å². The van der Waals surface area contributed by atoms with Crippen molar-refractivity contribution in [2.24, 2.45) is 0 Å². The van der Waals surface area contributed by atoms with Crippen molar-refractivity contribution in [3.63, 3.8) is 0 Å². The molecule has 0 unspecified atom stereocenters. The molecule has 1 N–H and O–H groups in total. The molecule has 0 radical (unpaired) electrons. The molecule has 0 amide bonds. The van der Waals surface area contributed by atoms with Crippen LogP contribution in [0.5, 0.6) is 0 Å². The van der Waals surface area contributed by atoms with Gasteiger partial charge in [-0.2, -0.15) is 0 Å². The van der Waals surface area contributed by atoms with Gasteiger partial charge in [-0.3, -0.25) is 0 Å². The highest BCUT2D eigenvalue weighted by atomic mass is 19.1. The van der Waals surface area contributed by atoms with E-state index in [1.165, 1.54) is 6.07 Å². The lowest BCUT2D eigenvalue weighted by Crippen LogP contribution is -2.06. The molecule has 0 fully saturated rings. The molecule has 1 aromatic heterocycles. The highest BCUT2D eigenvalue weighted by Crippen LogP contribution is 2.15. The third-order valence-electron chi connectivity index (χ3n) is 3.51. The van der Waals surface area contributed by atoms with Crippen molar-refractivity contribution in [1.82, 2.24) is 15.0 Å². The molecule has 2 aromatic carbocycles. The van der Waals surface area contributed by atoms with Crippen molar-refractivity contribution < 1.29 is 9.50 Å². The van der Waals surface area contributed by atoms with Crippen molar-refractivity contribution in [2.45, 2.75) is 13.2 Å². The summed E-state index contributed by atoms with van der Waals surface area (Å²) in [6.07, 6.45) is 3.75. The average Bonchev–Trinajstić information content (AvgIpc) is 2.98. The Morgan fingerprint density at radius 2 is 1.74 bits per heavy atom. The molecule has 0 saturated heterocycles. The highest BCUT2D eigenvalue weighted by molar-refractivity contribution is 5.68. The minimum Gasteiger partial charge on any atom is -0.390 e. The molecule has 5 heteroatoms. The van der Waals surface area contributed by atoms with E-state index in [9.17, 15) is 9.50 Å². The maximum absolute atomic E-state index is 13.8. The Kier molecular flexibility index (Phi) is 4.59.